The summed E-state index contributed by atoms with van der Waals surface area (Å²) in [5.41, 5.74) is -0.200. The number of carbonyl (C=O) groups is 2. The Morgan fingerprint density at radius 2 is 1.96 bits per heavy atom. The van der Waals surface area contributed by atoms with Gasteiger partial charge in [0, 0.05) is 11.6 Å². The van der Waals surface area contributed by atoms with Gasteiger partial charge in [0.05, 0.1) is 23.3 Å². The number of nitrogens with one attached hydrogen (secondary N) is 2. The summed E-state index contributed by atoms with van der Waals surface area (Å²) < 4.78 is 0. The maximum atomic E-state index is 12.3. The van der Waals surface area contributed by atoms with Crippen LogP contribution in [0.1, 0.15) is 55.8 Å². The van der Waals surface area contributed by atoms with Crippen molar-refractivity contribution >= 4 is 29.1 Å². The second-order valence-electron chi connectivity index (χ2n) is 6.06. The third kappa shape index (κ3) is 4.94. The zero-order valence-corrected chi connectivity index (χ0v) is 14.1. The van der Waals surface area contributed by atoms with Gasteiger partial charge in [-0.3, -0.25) is 9.59 Å². The van der Waals surface area contributed by atoms with E-state index in [1.54, 1.807) is 12.1 Å². The summed E-state index contributed by atoms with van der Waals surface area (Å²) >= 11 is 5.94. The monoisotopic (exact) mass is 338 g/mol. The van der Waals surface area contributed by atoms with Crippen LogP contribution in [0.4, 0.5) is 5.69 Å². The minimum absolute atomic E-state index is 0.0461. The molecule has 0 saturated heterocycles. The van der Waals surface area contributed by atoms with Crippen LogP contribution in [0.25, 0.3) is 0 Å². The first kappa shape index (κ1) is 17.8. The van der Waals surface area contributed by atoms with E-state index in [4.69, 9.17) is 11.6 Å². The number of benzene rings is 1. The average molecular weight is 339 g/mol. The zero-order valence-electron chi connectivity index (χ0n) is 13.3. The molecule has 1 aliphatic rings. The number of rotatable bonds is 5. The third-order valence-electron chi connectivity index (χ3n) is 4.11. The van der Waals surface area contributed by atoms with Crippen molar-refractivity contribution in [2.24, 2.45) is 0 Å². The molecule has 0 aromatic heterocycles. The van der Waals surface area contributed by atoms with Crippen LogP contribution in [0.2, 0.25) is 5.02 Å². The summed E-state index contributed by atoms with van der Waals surface area (Å²) in [6.45, 7) is 2.30. The van der Waals surface area contributed by atoms with Crippen molar-refractivity contribution in [1.82, 2.24) is 5.32 Å². The van der Waals surface area contributed by atoms with Gasteiger partial charge in [-0.2, -0.15) is 0 Å². The van der Waals surface area contributed by atoms with E-state index in [0.29, 0.717) is 35.7 Å². The Hall–Kier alpha value is -1.59. The fraction of sp³-hybridized carbons (Fsp3) is 0.529. The molecule has 126 valence electrons. The van der Waals surface area contributed by atoms with E-state index in [9.17, 15) is 14.7 Å². The van der Waals surface area contributed by atoms with Crippen LogP contribution in [-0.2, 0) is 4.79 Å². The molecule has 0 spiro atoms. The van der Waals surface area contributed by atoms with E-state index >= 15 is 0 Å². The number of aliphatic hydroxyl groups is 1. The average Bonchev–Trinajstić information content (AvgIpc) is 2.49. The smallest absolute Gasteiger partial charge is 0.253 e. The van der Waals surface area contributed by atoms with Crippen LogP contribution in [0.15, 0.2) is 18.2 Å². The van der Waals surface area contributed by atoms with E-state index in [2.05, 4.69) is 10.6 Å². The lowest BCUT2D eigenvalue weighted by atomic mass is 9.82. The summed E-state index contributed by atoms with van der Waals surface area (Å²) in [6.07, 6.45) is 4.31. The van der Waals surface area contributed by atoms with E-state index in [-0.39, 0.29) is 18.2 Å². The quantitative estimate of drug-likeness (QED) is 0.771. The van der Waals surface area contributed by atoms with Gasteiger partial charge in [-0.25, -0.2) is 0 Å². The molecule has 23 heavy (non-hydrogen) atoms. The summed E-state index contributed by atoms with van der Waals surface area (Å²) in [6, 6.07) is 4.75. The molecule has 0 atom stereocenters. The van der Waals surface area contributed by atoms with Crippen molar-refractivity contribution < 1.29 is 14.7 Å². The van der Waals surface area contributed by atoms with Crippen molar-refractivity contribution in [2.45, 2.75) is 51.0 Å². The van der Waals surface area contributed by atoms with Gasteiger partial charge in [-0.1, -0.05) is 30.9 Å². The molecule has 2 amide bonds. The van der Waals surface area contributed by atoms with Gasteiger partial charge in [0.2, 0.25) is 5.91 Å². The van der Waals surface area contributed by atoms with Crippen LogP contribution in [0.5, 0.6) is 0 Å². The maximum Gasteiger partial charge on any atom is 0.253 e. The van der Waals surface area contributed by atoms with Crippen molar-refractivity contribution in [1.29, 1.82) is 0 Å². The highest BCUT2D eigenvalue weighted by Gasteiger charge is 2.32. The summed E-state index contributed by atoms with van der Waals surface area (Å²) in [4.78, 5) is 24.3. The van der Waals surface area contributed by atoms with Crippen LogP contribution in [-0.4, -0.2) is 29.1 Å². The molecule has 0 bridgehead atoms. The highest BCUT2D eigenvalue weighted by atomic mass is 35.5. The Bertz CT molecular complexity index is 583. The van der Waals surface area contributed by atoms with E-state index in [1.165, 1.54) is 6.07 Å². The Morgan fingerprint density at radius 3 is 2.61 bits per heavy atom. The van der Waals surface area contributed by atoms with Crippen LogP contribution < -0.4 is 10.6 Å². The van der Waals surface area contributed by atoms with Crippen molar-refractivity contribution in [2.75, 3.05) is 11.9 Å². The van der Waals surface area contributed by atoms with Gasteiger partial charge in [0.1, 0.15) is 0 Å². The van der Waals surface area contributed by atoms with Crippen molar-refractivity contribution in [3.63, 3.8) is 0 Å². The zero-order chi connectivity index (χ0) is 16.9. The first-order valence-electron chi connectivity index (χ1n) is 8.03. The molecule has 0 radical (unpaired) electrons. The first-order valence-corrected chi connectivity index (χ1v) is 8.41. The molecule has 0 heterocycles. The molecule has 3 N–H and O–H groups in total. The van der Waals surface area contributed by atoms with Gasteiger partial charge in [-0.05, 0) is 38.0 Å². The van der Waals surface area contributed by atoms with Gasteiger partial charge in [0.25, 0.3) is 5.91 Å². The number of hydrogen-bond acceptors (Lipinski definition) is 3. The van der Waals surface area contributed by atoms with Crippen LogP contribution in [0, 0.1) is 0 Å². The fourth-order valence-electron chi connectivity index (χ4n) is 2.95. The van der Waals surface area contributed by atoms with Crippen molar-refractivity contribution in [3.05, 3.63) is 28.8 Å². The molecule has 1 saturated carbocycles. The predicted octanol–water partition coefficient (Wildman–Crippen LogP) is 3.11. The topological polar surface area (TPSA) is 78.4 Å². The molecular weight excluding hydrogens is 316 g/mol. The Kier molecular flexibility index (Phi) is 6.02. The van der Waals surface area contributed by atoms with E-state index in [0.717, 1.165) is 19.3 Å². The van der Waals surface area contributed by atoms with Gasteiger partial charge >= 0.3 is 0 Å². The number of carbonyl (C=O) groups excluding carboxylic acids is 2. The van der Waals surface area contributed by atoms with Gasteiger partial charge < -0.3 is 15.7 Å². The molecule has 2 rings (SSSR count). The highest BCUT2D eigenvalue weighted by Crippen LogP contribution is 2.31. The fourth-order valence-corrected chi connectivity index (χ4v) is 3.12. The summed E-state index contributed by atoms with van der Waals surface area (Å²) in [5, 5.41) is 16.3. The van der Waals surface area contributed by atoms with Crippen LogP contribution >= 0.6 is 11.6 Å². The second kappa shape index (κ2) is 7.79. The molecule has 1 aromatic rings. The van der Waals surface area contributed by atoms with Gasteiger partial charge in [-0.15, -0.1) is 0 Å². The lowest BCUT2D eigenvalue weighted by molar-refractivity contribution is -0.122. The molecule has 0 aliphatic heterocycles. The Labute approximate surface area is 141 Å². The molecule has 1 aliphatic carbocycles. The van der Waals surface area contributed by atoms with Crippen LogP contribution in [0.3, 0.4) is 0 Å². The molecule has 6 heteroatoms. The predicted molar refractivity (Wildman–Crippen MR) is 90.7 cm³/mol. The Morgan fingerprint density at radius 1 is 1.26 bits per heavy atom. The normalized spacial score (nSPS) is 16.7. The lowest BCUT2D eigenvalue weighted by Gasteiger charge is -2.31. The number of amides is 2. The Balaban J connectivity index is 2.09. The number of hydrogen-bond donors (Lipinski definition) is 3. The maximum absolute atomic E-state index is 12.3. The molecule has 1 fully saturated rings. The highest BCUT2D eigenvalue weighted by molar-refractivity contribution is 6.31. The van der Waals surface area contributed by atoms with E-state index in [1.807, 2.05) is 6.92 Å². The van der Waals surface area contributed by atoms with Crippen molar-refractivity contribution in [3.8, 4) is 0 Å². The third-order valence-corrected chi connectivity index (χ3v) is 4.35. The summed E-state index contributed by atoms with van der Waals surface area (Å²) in [5.74, 6) is -0.580. The minimum atomic E-state index is -0.930. The molecule has 0 unspecified atom stereocenters. The second-order valence-corrected chi connectivity index (χ2v) is 6.50. The molecule has 1 aromatic carbocycles. The standard InChI is InChI=1S/C17H23ClN2O3/c1-2-19-16(22)13-10-12(18)6-7-14(13)20-15(21)11-17(23)8-4-3-5-9-17/h6-7,10,23H,2-5,8-9,11H2,1H3,(H,19,22)(H,20,21). The first-order chi connectivity index (χ1) is 10.9. The van der Waals surface area contributed by atoms with Gasteiger partial charge in [0.15, 0.2) is 0 Å². The lowest BCUT2D eigenvalue weighted by Crippen LogP contribution is -2.36. The summed E-state index contributed by atoms with van der Waals surface area (Å²) in [7, 11) is 0. The van der Waals surface area contributed by atoms with E-state index < -0.39 is 5.60 Å². The SMILES string of the molecule is CCNC(=O)c1cc(Cl)ccc1NC(=O)CC1(O)CCCCC1. The number of anilines is 1. The molecule has 5 nitrogen and oxygen atoms in total. The largest absolute Gasteiger partial charge is 0.389 e. The minimum Gasteiger partial charge on any atom is -0.389 e. The molecular formula is C17H23ClN2O3. The number of halogens is 1.